The molecule has 7 N–H and O–H groups in total. The molecule has 4 heterocycles. The van der Waals surface area contributed by atoms with Gasteiger partial charge in [0, 0.05) is 51.2 Å². The number of carbonyl (C=O) groups is 2. The monoisotopic (exact) mass is 1040 g/mol. The predicted molar refractivity (Wildman–Crippen MR) is 273 cm³/mol. The Morgan fingerprint density at radius 3 is 2.21 bits per heavy atom. The zero-order chi connectivity index (χ0) is 54.5. The first kappa shape index (κ1) is 61.4. The molecular weight excluding hydrogens is 945 g/mol. The van der Waals surface area contributed by atoms with Crippen LogP contribution in [0.25, 0.3) is 0 Å². The molecule has 0 aliphatic carbocycles. The van der Waals surface area contributed by atoms with Crippen molar-refractivity contribution in [2.24, 2.45) is 17.8 Å². The fourth-order valence-corrected chi connectivity index (χ4v) is 11.9. The Morgan fingerprint density at radius 1 is 0.932 bits per heavy atom. The van der Waals surface area contributed by atoms with Crippen molar-refractivity contribution in [3.8, 4) is 0 Å². The Kier molecular flexibility index (Phi) is 21.7. The number of ether oxygens (including phenoxy) is 7. The Balaban J connectivity index is 1.43. The first-order valence-corrected chi connectivity index (χ1v) is 26.7. The first-order valence-electron chi connectivity index (χ1n) is 26.7. The van der Waals surface area contributed by atoms with E-state index in [9.17, 15) is 40.2 Å². The van der Waals surface area contributed by atoms with Crippen LogP contribution in [-0.4, -0.2) is 220 Å². The van der Waals surface area contributed by atoms with Crippen molar-refractivity contribution < 1.29 is 73.4 Å². The van der Waals surface area contributed by atoms with Gasteiger partial charge in [-0.15, -0.1) is 0 Å². The number of aliphatic hydroxyl groups excluding tert-OH is 4. The third-order valence-electron chi connectivity index (χ3n) is 16.6. The molecule has 4 aliphatic heterocycles. The van der Waals surface area contributed by atoms with E-state index < -0.39 is 126 Å². The number of amides is 1. The van der Waals surface area contributed by atoms with Crippen molar-refractivity contribution in [1.82, 2.24) is 20.0 Å². The highest BCUT2D eigenvalue weighted by atomic mass is 16.7. The fraction of sp³-hybridized carbons (Fsp3) is 0.852. The smallest absolute Gasteiger partial charge is 0.311 e. The van der Waals surface area contributed by atoms with E-state index in [4.69, 9.17) is 33.2 Å². The maximum atomic E-state index is 14.5. The number of cyclic esters (lactones) is 1. The Labute approximate surface area is 435 Å². The molecule has 0 bridgehead atoms. The van der Waals surface area contributed by atoms with E-state index in [1.54, 1.807) is 55.4 Å². The molecule has 0 saturated carbocycles. The predicted octanol–water partition coefficient (Wildman–Crippen LogP) is 2.43. The molecule has 1 amide bonds. The van der Waals surface area contributed by atoms with Crippen molar-refractivity contribution >= 4 is 11.9 Å². The van der Waals surface area contributed by atoms with Gasteiger partial charge in [-0.2, -0.15) is 0 Å². The molecule has 4 fully saturated rings. The van der Waals surface area contributed by atoms with E-state index in [1.807, 2.05) is 80.0 Å². The van der Waals surface area contributed by atoms with Gasteiger partial charge in [-0.05, 0) is 114 Å². The summed E-state index contributed by atoms with van der Waals surface area (Å²) in [7, 11) is 7.01. The van der Waals surface area contributed by atoms with Crippen LogP contribution in [0.2, 0.25) is 0 Å². The standard InChI is InChI=1S/C54H94N4O15/c1-16-42-54(11,66)46(61)34(6)56(12)26-30(2)24-52(9,65)48(32(4)45(33(5)50(64)71-42)72-43-25-53(10,67-15)47(62)36(8)70-43)73-51-44(60)40(22-31(3)69-51)58(14)28-39(35(7)59)55-49(63)41-23-38(27-57(41)13)68-29-37-20-18-17-19-21-37/h17-21,30-36,38-48,51,59-62,65-66H,16,22-29H2,1-15H3,(H,55,63)/t30-,31-,32+,33-,34-,35+,36+,38-,39?,40+,41+,42-,43+,44-,45+,46-,47+,48-,51+,52-,53-,54-/m1/s1. The third-order valence-corrected chi connectivity index (χ3v) is 16.6. The first-order chi connectivity index (χ1) is 34.0. The topological polar surface area (TPSA) is 242 Å². The molecule has 1 unspecified atom stereocenters. The second-order valence-corrected chi connectivity index (χ2v) is 23.1. The lowest BCUT2D eigenvalue weighted by Crippen LogP contribution is -2.62. The number of nitrogens with zero attached hydrogens (tertiary/aromatic N) is 3. The molecule has 1 aromatic carbocycles. The SMILES string of the molecule is CC[C@H]1OC(=O)[C@H](C)[C@@H](O[C@H]2C[C@@](C)(OC)[C@@H](O)[C@H](C)O2)[C@H](C)[C@@H](O[C@@H]2O[C@H](C)C[C@H](N(C)CC(NC(=O)[C@@H]3C[C@@H](OCc4ccccc4)CN3C)[C@H](C)O)[C@H]2O)[C@](C)(O)C[C@@H](C)CN(C)[C@H](C)[C@@H](O)[C@]1(C)O. The van der Waals surface area contributed by atoms with Gasteiger partial charge >= 0.3 is 5.97 Å². The molecule has 22 atom stereocenters. The van der Waals surface area contributed by atoms with Gasteiger partial charge in [-0.1, -0.05) is 51.1 Å². The van der Waals surface area contributed by atoms with Crippen LogP contribution >= 0.6 is 0 Å². The summed E-state index contributed by atoms with van der Waals surface area (Å²) in [5.41, 5.74) is -3.58. The summed E-state index contributed by atoms with van der Waals surface area (Å²) in [4.78, 5) is 34.2. The number of rotatable bonds is 15. The number of likely N-dealkylation sites (N-methyl/N-ethyl adjacent to an activating group) is 3. The van der Waals surface area contributed by atoms with Crippen LogP contribution in [0, 0.1) is 17.8 Å². The highest BCUT2D eigenvalue weighted by molar-refractivity contribution is 5.82. The van der Waals surface area contributed by atoms with Gasteiger partial charge in [-0.3, -0.25) is 19.4 Å². The third kappa shape index (κ3) is 15.0. The summed E-state index contributed by atoms with van der Waals surface area (Å²) in [6.45, 7) is 20.5. The summed E-state index contributed by atoms with van der Waals surface area (Å²) < 4.78 is 44.5. The normalized spacial score (nSPS) is 42.9. The van der Waals surface area contributed by atoms with Crippen molar-refractivity contribution in [3.63, 3.8) is 0 Å². The lowest BCUT2D eigenvalue weighted by molar-refractivity contribution is -0.318. The second kappa shape index (κ2) is 25.8. The quantitative estimate of drug-likeness (QED) is 0.125. The maximum absolute atomic E-state index is 14.5. The molecule has 19 nitrogen and oxygen atoms in total. The molecule has 0 spiro atoms. The molecule has 4 saturated heterocycles. The van der Waals surface area contributed by atoms with Crippen LogP contribution in [0.1, 0.15) is 114 Å². The van der Waals surface area contributed by atoms with E-state index in [2.05, 4.69) is 5.32 Å². The van der Waals surface area contributed by atoms with Crippen LogP contribution < -0.4 is 5.32 Å². The van der Waals surface area contributed by atoms with E-state index in [0.717, 1.165) is 5.56 Å². The average Bonchev–Trinajstić information content (AvgIpc) is 3.71. The van der Waals surface area contributed by atoms with Crippen LogP contribution in [0.4, 0.5) is 0 Å². The number of carbonyl (C=O) groups excluding carboxylic acids is 2. The molecule has 4 aliphatic rings. The Morgan fingerprint density at radius 2 is 1.59 bits per heavy atom. The van der Waals surface area contributed by atoms with E-state index in [-0.39, 0.29) is 43.7 Å². The zero-order valence-electron chi connectivity index (χ0n) is 46.4. The second-order valence-electron chi connectivity index (χ2n) is 23.1. The van der Waals surface area contributed by atoms with E-state index in [1.165, 1.54) is 14.0 Å². The van der Waals surface area contributed by atoms with Crippen LogP contribution in [0.5, 0.6) is 0 Å². The number of likely N-dealkylation sites (tertiary alicyclic amines) is 1. The number of aliphatic hydroxyl groups is 6. The van der Waals surface area contributed by atoms with Gasteiger partial charge in [0.05, 0.1) is 72.4 Å². The molecule has 1 aromatic rings. The molecule has 0 aromatic heterocycles. The zero-order valence-corrected chi connectivity index (χ0v) is 46.4. The number of esters is 1. The molecule has 5 rings (SSSR count). The van der Waals surface area contributed by atoms with Crippen molar-refractivity contribution in [3.05, 3.63) is 35.9 Å². The minimum atomic E-state index is -1.86. The molecular formula is C54H94N4O15. The van der Waals surface area contributed by atoms with Crippen LogP contribution in [0.3, 0.4) is 0 Å². The lowest BCUT2D eigenvalue weighted by atomic mass is 9.77. The van der Waals surface area contributed by atoms with Gasteiger partial charge < -0.3 is 74.0 Å². The van der Waals surface area contributed by atoms with Gasteiger partial charge in [0.15, 0.2) is 12.6 Å². The van der Waals surface area contributed by atoms with E-state index >= 15 is 0 Å². The van der Waals surface area contributed by atoms with Crippen molar-refractivity contribution in [2.45, 2.75) is 229 Å². The number of hydrogen-bond acceptors (Lipinski definition) is 18. The Bertz CT molecular complexity index is 1880. The summed E-state index contributed by atoms with van der Waals surface area (Å²) in [5, 5.41) is 74.1. The summed E-state index contributed by atoms with van der Waals surface area (Å²) in [6.07, 6.45) is -10.4. The van der Waals surface area contributed by atoms with Gasteiger partial charge in [-0.25, -0.2) is 0 Å². The van der Waals surface area contributed by atoms with E-state index in [0.29, 0.717) is 32.5 Å². The van der Waals surface area contributed by atoms with Gasteiger partial charge in [0.1, 0.15) is 30.0 Å². The van der Waals surface area contributed by atoms with Crippen molar-refractivity contribution in [1.29, 1.82) is 0 Å². The molecule has 0 radical (unpaired) electrons. The number of hydrogen-bond donors (Lipinski definition) is 7. The van der Waals surface area contributed by atoms with Gasteiger partial charge in [0.2, 0.25) is 5.91 Å². The largest absolute Gasteiger partial charge is 0.459 e. The number of methoxy groups -OCH3 is 1. The summed E-state index contributed by atoms with van der Waals surface area (Å²) in [5.74, 6) is -3.17. The Hall–Kier alpha value is -2.44. The highest BCUT2D eigenvalue weighted by Gasteiger charge is 2.53. The minimum absolute atomic E-state index is 0.0760. The van der Waals surface area contributed by atoms with Crippen molar-refractivity contribution in [2.75, 3.05) is 47.9 Å². The molecule has 19 heteroatoms. The van der Waals surface area contributed by atoms with Crippen LogP contribution in [0.15, 0.2) is 30.3 Å². The summed E-state index contributed by atoms with van der Waals surface area (Å²) >= 11 is 0. The average molecular weight is 1040 g/mol. The molecule has 420 valence electrons. The summed E-state index contributed by atoms with van der Waals surface area (Å²) in [6, 6.07) is 7.49. The minimum Gasteiger partial charge on any atom is -0.459 e. The van der Waals surface area contributed by atoms with Crippen LogP contribution in [-0.2, 0) is 49.4 Å². The lowest BCUT2D eigenvalue weighted by Gasteiger charge is -2.49. The van der Waals surface area contributed by atoms with Gasteiger partial charge in [0.25, 0.3) is 0 Å². The fourth-order valence-electron chi connectivity index (χ4n) is 11.9. The number of nitrogens with one attached hydrogen (secondary N) is 1. The maximum Gasteiger partial charge on any atom is 0.311 e. The molecule has 73 heavy (non-hydrogen) atoms. The number of benzene rings is 1. The highest BCUT2D eigenvalue weighted by Crippen LogP contribution is 2.40.